The largest absolute Gasteiger partial charge is 0.508 e. The highest BCUT2D eigenvalue weighted by Gasteiger charge is 2.14. The van der Waals surface area contributed by atoms with Crippen LogP contribution in [0.15, 0.2) is 12.1 Å². The zero-order chi connectivity index (χ0) is 12.3. The van der Waals surface area contributed by atoms with Gasteiger partial charge in [0.2, 0.25) is 0 Å². The van der Waals surface area contributed by atoms with Crippen LogP contribution in [0.5, 0.6) is 5.75 Å². The van der Waals surface area contributed by atoms with Crippen LogP contribution in [0.25, 0.3) is 0 Å². The van der Waals surface area contributed by atoms with Gasteiger partial charge in [-0.15, -0.1) is 0 Å². The maximum absolute atomic E-state index is 9.81. The van der Waals surface area contributed by atoms with Crippen molar-refractivity contribution in [2.24, 2.45) is 0 Å². The summed E-state index contributed by atoms with van der Waals surface area (Å²) in [4.78, 5) is 0. The lowest BCUT2D eigenvalue weighted by Crippen LogP contribution is -2.02. The third-order valence-corrected chi connectivity index (χ3v) is 3.76. The van der Waals surface area contributed by atoms with Gasteiger partial charge in [-0.3, -0.25) is 0 Å². The lowest BCUT2D eigenvalue weighted by Gasteiger charge is -2.20. The molecule has 1 rings (SSSR count). The summed E-state index contributed by atoms with van der Waals surface area (Å²) in [5.41, 5.74) is 3.97. The Labute approximate surface area is 99.5 Å². The first kappa shape index (κ1) is 13.1. The second-order valence-corrected chi connectivity index (χ2v) is 4.87. The Morgan fingerprint density at radius 1 is 1.00 bits per heavy atom. The van der Waals surface area contributed by atoms with Crippen molar-refractivity contribution >= 4 is 0 Å². The molecule has 1 aromatic carbocycles. The summed E-state index contributed by atoms with van der Waals surface area (Å²) in [6.45, 7) is 11.0. The van der Waals surface area contributed by atoms with E-state index < -0.39 is 0 Å². The zero-order valence-electron chi connectivity index (χ0n) is 11.2. The van der Waals surface area contributed by atoms with E-state index in [4.69, 9.17) is 0 Å². The number of phenols is 1. The highest BCUT2D eigenvalue weighted by Crippen LogP contribution is 2.33. The lowest BCUT2D eigenvalue weighted by atomic mass is 9.86. The number of phenolic OH excluding ortho intramolecular Hbond substituents is 1. The minimum Gasteiger partial charge on any atom is -0.508 e. The van der Waals surface area contributed by atoms with E-state index in [1.54, 1.807) is 0 Å². The van der Waals surface area contributed by atoms with E-state index in [-0.39, 0.29) is 0 Å². The third-order valence-electron chi connectivity index (χ3n) is 3.76. The molecule has 0 fully saturated rings. The topological polar surface area (TPSA) is 20.2 Å². The molecule has 0 spiro atoms. The van der Waals surface area contributed by atoms with E-state index in [1.165, 1.54) is 16.7 Å². The molecule has 0 bridgehead atoms. The van der Waals surface area contributed by atoms with Gasteiger partial charge in [-0.2, -0.15) is 0 Å². The molecule has 0 aliphatic rings. The van der Waals surface area contributed by atoms with Crippen molar-refractivity contribution < 1.29 is 5.11 Å². The molecule has 2 atom stereocenters. The molecule has 1 nitrogen and oxygen atoms in total. The van der Waals surface area contributed by atoms with E-state index in [2.05, 4.69) is 34.6 Å². The van der Waals surface area contributed by atoms with Crippen molar-refractivity contribution in [2.45, 2.75) is 59.3 Å². The molecule has 2 unspecified atom stereocenters. The summed E-state index contributed by atoms with van der Waals surface area (Å²) >= 11 is 0. The Bertz CT molecular complexity index is 323. The van der Waals surface area contributed by atoms with Gasteiger partial charge in [0.05, 0.1) is 0 Å². The van der Waals surface area contributed by atoms with Crippen LogP contribution in [-0.4, -0.2) is 5.11 Å². The fourth-order valence-electron chi connectivity index (χ4n) is 2.21. The van der Waals surface area contributed by atoms with Crippen molar-refractivity contribution in [3.63, 3.8) is 0 Å². The second-order valence-electron chi connectivity index (χ2n) is 4.87. The van der Waals surface area contributed by atoms with E-state index >= 15 is 0 Å². The van der Waals surface area contributed by atoms with Crippen molar-refractivity contribution in [1.29, 1.82) is 0 Å². The van der Waals surface area contributed by atoms with Gasteiger partial charge >= 0.3 is 0 Å². The first-order valence-corrected chi connectivity index (χ1v) is 6.34. The number of hydrogen-bond acceptors (Lipinski definition) is 1. The van der Waals surface area contributed by atoms with Crippen molar-refractivity contribution in [3.05, 3.63) is 28.8 Å². The Kier molecular flexibility index (Phi) is 4.40. The van der Waals surface area contributed by atoms with Gasteiger partial charge < -0.3 is 5.11 Å². The molecular weight excluding hydrogens is 196 g/mol. The van der Waals surface area contributed by atoms with Gasteiger partial charge in [-0.05, 0) is 60.4 Å². The van der Waals surface area contributed by atoms with Gasteiger partial charge in [0.25, 0.3) is 0 Å². The van der Waals surface area contributed by atoms with Crippen LogP contribution in [0, 0.1) is 6.92 Å². The highest BCUT2D eigenvalue weighted by atomic mass is 16.3. The van der Waals surface area contributed by atoms with Crippen LogP contribution >= 0.6 is 0 Å². The summed E-state index contributed by atoms with van der Waals surface area (Å²) in [6.07, 6.45) is 2.23. The number of hydrogen-bond donors (Lipinski definition) is 1. The molecule has 16 heavy (non-hydrogen) atoms. The smallest absolute Gasteiger partial charge is 0.116 e. The molecule has 1 aromatic rings. The Morgan fingerprint density at radius 2 is 1.38 bits per heavy atom. The molecule has 90 valence electrons. The first-order valence-electron chi connectivity index (χ1n) is 6.34. The molecule has 1 N–H and O–H groups in total. The predicted octanol–water partition coefficient (Wildman–Crippen LogP) is 4.73. The molecule has 0 radical (unpaired) electrons. The van der Waals surface area contributed by atoms with Crippen LogP contribution in [-0.2, 0) is 0 Å². The second kappa shape index (κ2) is 5.38. The van der Waals surface area contributed by atoms with Gasteiger partial charge in [0.1, 0.15) is 5.75 Å². The van der Waals surface area contributed by atoms with E-state index in [0.29, 0.717) is 17.6 Å². The molecule has 1 heteroatoms. The minimum absolute atomic E-state index is 0.413. The zero-order valence-corrected chi connectivity index (χ0v) is 11.2. The van der Waals surface area contributed by atoms with Crippen LogP contribution in [0.2, 0.25) is 0 Å². The lowest BCUT2D eigenvalue weighted by molar-refractivity contribution is 0.471. The van der Waals surface area contributed by atoms with Crippen LogP contribution < -0.4 is 0 Å². The normalized spacial score (nSPS) is 14.8. The maximum atomic E-state index is 9.81. The Morgan fingerprint density at radius 3 is 1.69 bits per heavy atom. The van der Waals surface area contributed by atoms with E-state index in [9.17, 15) is 5.11 Å². The fraction of sp³-hybridized carbons (Fsp3) is 0.600. The van der Waals surface area contributed by atoms with Gasteiger partial charge in [0.15, 0.2) is 0 Å². The van der Waals surface area contributed by atoms with Crippen molar-refractivity contribution in [3.8, 4) is 5.75 Å². The monoisotopic (exact) mass is 220 g/mol. The molecule has 0 aliphatic heterocycles. The summed E-state index contributed by atoms with van der Waals surface area (Å²) in [5, 5.41) is 9.81. The summed E-state index contributed by atoms with van der Waals surface area (Å²) < 4.78 is 0. The number of rotatable bonds is 4. The molecule has 0 saturated carbocycles. The molecule has 0 saturated heterocycles. The Hall–Kier alpha value is -0.980. The molecule has 0 aliphatic carbocycles. The average molecular weight is 220 g/mol. The molecular formula is C15H24O. The molecule has 0 aromatic heterocycles. The molecule has 0 amide bonds. The standard InChI is InChI=1S/C15H24O/c1-6-10(3)14-8-13(16)9-15(12(14)5)11(4)7-2/h8-11,16H,6-7H2,1-5H3. The summed E-state index contributed by atoms with van der Waals surface area (Å²) in [6, 6.07) is 3.85. The predicted molar refractivity (Wildman–Crippen MR) is 70.3 cm³/mol. The van der Waals surface area contributed by atoms with Crippen LogP contribution in [0.4, 0.5) is 0 Å². The maximum Gasteiger partial charge on any atom is 0.116 e. The third kappa shape index (κ3) is 2.58. The first-order chi connectivity index (χ1) is 7.51. The van der Waals surface area contributed by atoms with E-state index in [1.807, 2.05) is 12.1 Å². The number of benzene rings is 1. The van der Waals surface area contributed by atoms with Crippen molar-refractivity contribution in [2.75, 3.05) is 0 Å². The SMILES string of the molecule is CCC(C)c1cc(O)cc(C(C)CC)c1C. The van der Waals surface area contributed by atoms with Gasteiger partial charge in [-0.25, -0.2) is 0 Å². The van der Waals surface area contributed by atoms with Crippen molar-refractivity contribution in [1.82, 2.24) is 0 Å². The van der Waals surface area contributed by atoms with Gasteiger partial charge in [-0.1, -0.05) is 27.7 Å². The fourth-order valence-corrected chi connectivity index (χ4v) is 2.21. The summed E-state index contributed by atoms with van der Waals surface area (Å²) in [5.74, 6) is 1.46. The van der Waals surface area contributed by atoms with Crippen LogP contribution in [0.1, 0.15) is 69.1 Å². The summed E-state index contributed by atoms with van der Waals surface area (Å²) in [7, 11) is 0. The van der Waals surface area contributed by atoms with Gasteiger partial charge in [0, 0.05) is 0 Å². The number of aromatic hydroxyl groups is 1. The Balaban J connectivity index is 3.25. The highest BCUT2D eigenvalue weighted by molar-refractivity contribution is 5.44. The molecule has 0 heterocycles. The quantitative estimate of drug-likeness (QED) is 0.778. The minimum atomic E-state index is 0.413. The average Bonchev–Trinajstić information content (AvgIpc) is 2.29. The van der Waals surface area contributed by atoms with Crippen LogP contribution in [0.3, 0.4) is 0 Å². The van der Waals surface area contributed by atoms with E-state index in [0.717, 1.165) is 12.8 Å².